The predicted octanol–water partition coefficient (Wildman–Crippen LogP) is 3.67. The molecule has 2 heterocycles. The molecule has 0 aliphatic carbocycles. The molecule has 2 aliphatic rings. The zero-order valence-corrected chi connectivity index (χ0v) is 18.2. The standard InChI is InChI=1S/C28H26N2O3/c31-19-25-27(22-15-13-21(14-16-22)12-11-20-7-3-1-4-8-20)24-17-29(18-26(32)30(24)25)28(33)23-9-5-2-6-10-23/h1-16,24-25,27,31H,17-19H2/b12-11+/t24-,25-,27+/m0/s1. The molecule has 0 saturated carbocycles. The van der Waals surface area contributed by atoms with Gasteiger partial charge in [-0.3, -0.25) is 9.59 Å². The summed E-state index contributed by atoms with van der Waals surface area (Å²) in [5.74, 6) is -0.234. The van der Waals surface area contributed by atoms with Crippen molar-refractivity contribution in [3.63, 3.8) is 0 Å². The van der Waals surface area contributed by atoms with E-state index >= 15 is 0 Å². The first-order valence-corrected chi connectivity index (χ1v) is 11.2. The van der Waals surface area contributed by atoms with Gasteiger partial charge >= 0.3 is 0 Å². The Labute approximate surface area is 193 Å². The highest BCUT2D eigenvalue weighted by atomic mass is 16.3. The summed E-state index contributed by atoms with van der Waals surface area (Å²) in [5, 5.41) is 10.0. The number of nitrogens with zero attached hydrogens (tertiary/aromatic N) is 2. The molecule has 2 saturated heterocycles. The van der Waals surface area contributed by atoms with Gasteiger partial charge in [-0.05, 0) is 28.8 Å². The summed E-state index contributed by atoms with van der Waals surface area (Å²) in [6.45, 7) is 0.433. The largest absolute Gasteiger partial charge is 0.394 e. The van der Waals surface area contributed by atoms with Gasteiger partial charge in [0.2, 0.25) is 5.91 Å². The van der Waals surface area contributed by atoms with Gasteiger partial charge in [0.1, 0.15) is 6.54 Å². The van der Waals surface area contributed by atoms with Crippen LogP contribution in [0, 0.1) is 0 Å². The number of fused-ring (bicyclic) bond motifs is 1. The summed E-state index contributed by atoms with van der Waals surface area (Å²) < 4.78 is 0. The van der Waals surface area contributed by atoms with Crippen LogP contribution in [0.3, 0.4) is 0 Å². The Kier molecular flexibility index (Phi) is 5.80. The highest BCUT2D eigenvalue weighted by molar-refractivity contribution is 5.97. The number of carbonyl (C=O) groups is 2. The van der Waals surface area contributed by atoms with Gasteiger partial charge in [0.05, 0.1) is 18.7 Å². The predicted molar refractivity (Wildman–Crippen MR) is 128 cm³/mol. The van der Waals surface area contributed by atoms with Crippen LogP contribution in [0.15, 0.2) is 84.9 Å². The zero-order chi connectivity index (χ0) is 22.8. The molecule has 5 nitrogen and oxygen atoms in total. The smallest absolute Gasteiger partial charge is 0.254 e. The van der Waals surface area contributed by atoms with Crippen molar-refractivity contribution in [3.8, 4) is 0 Å². The Bertz CT molecular complexity index is 1160. The van der Waals surface area contributed by atoms with Gasteiger partial charge in [-0.15, -0.1) is 0 Å². The summed E-state index contributed by atoms with van der Waals surface area (Å²) in [7, 11) is 0. The average Bonchev–Trinajstić information content (AvgIpc) is 2.85. The zero-order valence-electron chi connectivity index (χ0n) is 18.2. The molecule has 3 aromatic carbocycles. The van der Waals surface area contributed by atoms with Crippen LogP contribution in [-0.2, 0) is 4.79 Å². The van der Waals surface area contributed by atoms with E-state index in [1.807, 2.05) is 36.4 Å². The van der Waals surface area contributed by atoms with E-state index in [4.69, 9.17) is 0 Å². The monoisotopic (exact) mass is 438 g/mol. The SMILES string of the molecule is O=C(c1ccccc1)N1CC(=O)N2[C@@H](CO)[C@H](c3ccc(/C=C/c4ccccc4)cc3)[C@@H]2C1. The number of benzene rings is 3. The second kappa shape index (κ2) is 9.04. The molecule has 5 rings (SSSR count). The molecule has 3 atom stereocenters. The topological polar surface area (TPSA) is 60.9 Å². The molecule has 33 heavy (non-hydrogen) atoms. The molecule has 3 aromatic rings. The van der Waals surface area contributed by atoms with E-state index in [1.165, 1.54) is 0 Å². The number of amides is 2. The molecule has 2 amide bonds. The molecule has 0 aromatic heterocycles. The maximum absolute atomic E-state index is 12.9. The minimum absolute atomic E-state index is 0.00234. The van der Waals surface area contributed by atoms with Crippen molar-refractivity contribution >= 4 is 24.0 Å². The first kappa shape index (κ1) is 21.2. The molecule has 5 heteroatoms. The van der Waals surface area contributed by atoms with Gasteiger partial charge in [-0.1, -0.05) is 84.9 Å². The number of hydrogen-bond acceptors (Lipinski definition) is 3. The molecule has 2 fully saturated rings. The second-order valence-corrected chi connectivity index (χ2v) is 8.61. The minimum Gasteiger partial charge on any atom is -0.394 e. The fraction of sp³-hybridized carbons (Fsp3) is 0.214. The third kappa shape index (κ3) is 4.08. The third-order valence-corrected chi connectivity index (χ3v) is 6.65. The first-order chi connectivity index (χ1) is 16.2. The van der Waals surface area contributed by atoms with Gasteiger partial charge in [-0.25, -0.2) is 0 Å². The van der Waals surface area contributed by atoms with Crippen LogP contribution in [0.4, 0.5) is 0 Å². The number of aliphatic hydroxyl groups is 1. The Hall–Kier alpha value is -3.70. The maximum Gasteiger partial charge on any atom is 0.254 e. The van der Waals surface area contributed by atoms with Crippen molar-refractivity contribution < 1.29 is 14.7 Å². The first-order valence-electron chi connectivity index (χ1n) is 11.2. The fourth-order valence-corrected chi connectivity index (χ4v) is 5.00. The van der Waals surface area contributed by atoms with Gasteiger partial charge in [0.25, 0.3) is 5.91 Å². The molecule has 0 spiro atoms. The van der Waals surface area contributed by atoms with Gasteiger partial charge < -0.3 is 14.9 Å². The maximum atomic E-state index is 12.9. The number of hydrogen-bond donors (Lipinski definition) is 1. The van der Waals surface area contributed by atoms with E-state index in [-0.39, 0.29) is 43.0 Å². The molecular formula is C28H26N2O3. The van der Waals surface area contributed by atoms with Crippen LogP contribution in [0.25, 0.3) is 12.2 Å². The highest BCUT2D eigenvalue weighted by Crippen LogP contribution is 2.43. The normalized spacial score (nSPS) is 22.2. The Morgan fingerprint density at radius 3 is 2.12 bits per heavy atom. The van der Waals surface area contributed by atoms with Crippen molar-refractivity contribution in [1.82, 2.24) is 9.80 Å². The van der Waals surface area contributed by atoms with Crippen molar-refractivity contribution in [2.45, 2.75) is 18.0 Å². The lowest BCUT2D eigenvalue weighted by atomic mass is 9.73. The van der Waals surface area contributed by atoms with Crippen molar-refractivity contribution in [2.24, 2.45) is 0 Å². The Morgan fingerprint density at radius 1 is 0.879 bits per heavy atom. The van der Waals surface area contributed by atoms with E-state index in [2.05, 4.69) is 48.6 Å². The van der Waals surface area contributed by atoms with Gasteiger partial charge in [0, 0.05) is 18.0 Å². The molecule has 0 bridgehead atoms. The van der Waals surface area contributed by atoms with Crippen LogP contribution in [-0.4, -0.2) is 58.5 Å². The Balaban J connectivity index is 1.34. The van der Waals surface area contributed by atoms with E-state index in [0.717, 1.165) is 16.7 Å². The number of carbonyl (C=O) groups excluding carboxylic acids is 2. The van der Waals surface area contributed by atoms with E-state index in [0.29, 0.717) is 12.1 Å². The molecule has 1 N–H and O–H groups in total. The molecule has 166 valence electrons. The molecule has 2 aliphatic heterocycles. The molecule has 0 unspecified atom stereocenters. The summed E-state index contributed by atoms with van der Waals surface area (Å²) in [4.78, 5) is 29.2. The van der Waals surface area contributed by atoms with Crippen LogP contribution < -0.4 is 0 Å². The van der Waals surface area contributed by atoms with E-state index in [9.17, 15) is 14.7 Å². The highest BCUT2D eigenvalue weighted by Gasteiger charge is 2.54. The van der Waals surface area contributed by atoms with Gasteiger partial charge in [0.15, 0.2) is 0 Å². The van der Waals surface area contributed by atoms with Crippen molar-refractivity contribution in [1.29, 1.82) is 0 Å². The lowest BCUT2D eigenvalue weighted by Gasteiger charge is -2.58. The lowest BCUT2D eigenvalue weighted by molar-refractivity contribution is -0.159. The quantitative estimate of drug-likeness (QED) is 0.619. The second-order valence-electron chi connectivity index (χ2n) is 8.61. The summed E-state index contributed by atoms with van der Waals surface area (Å²) in [6, 6.07) is 27.1. The van der Waals surface area contributed by atoms with Crippen LogP contribution in [0.1, 0.15) is 33.0 Å². The van der Waals surface area contributed by atoms with Crippen LogP contribution >= 0.6 is 0 Å². The van der Waals surface area contributed by atoms with E-state index in [1.54, 1.807) is 21.9 Å². The average molecular weight is 439 g/mol. The summed E-state index contributed by atoms with van der Waals surface area (Å²) in [5.41, 5.74) is 3.89. The molecular weight excluding hydrogens is 412 g/mol. The Morgan fingerprint density at radius 2 is 1.48 bits per heavy atom. The number of aliphatic hydroxyl groups excluding tert-OH is 1. The summed E-state index contributed by atoms with van der Waals surface area (Å²) >= 11 is 0. The van der Waals surface area contributed by atoms with Crippen molar-refractivity contribution in [3.05, 3.63) is 107 Å². The minimum atomic E-state index is -0.248. The van der Waals surface area contributed by atoms with Crippen molar-refractivity contribution in [2.75, 3.05) is 19.7 Å². The van der Waals surface area contributed by atoms with Crippen LogP contribution in [0.2, 0.25) is 0 Å². The third-order valence-electron chi connectivity index (χ3n) is 6.65. The van der Waals surface area contributed by atoms with E-state index < -0.39 is 0 Å². The lowest BCUT2D eigenvalue weighted by Crippen LogP contribution is -2.73. The summed E-state index contributed by atoms with van der Waals surface area (Å²) in [6.07, 6.45) is 4.14. The number of piperazine rings is 1. The van der Waals surface area contributed by atoms with Crippen LogP contribution in [0.5, 0.6) is 0 Å². The molecule has 0 radical (unpaired) electrons. The fourth-order valence-electron chi connectivity index (χ4n) is 5.00. The number of rotatable bonds is 5. The van der Waals surface area contributed by atoms with Gasteiger partial charge in [-0.2, -0.15) is 0 Å².